The quantitative estimate of drug-likeness (QED) is 0.664. The van der Waals surface area contributed by atoms with Crippen molar-refractivity contribution in [1.29, 1.82) is 0 Å². The summed E-state index contributed by atoms with van der Waals surface area (Å²) >= 11 is 0. The maximum absolute atomic E-state index is 9.81. The Labute approximate surface area is 80.0 Å². The van der Waals surface area contributed by atoms with Gasteiger partial charge in [-0.3, -0.25) is 0 Å². The molecule has 2 aromatic heterocycles. The maximum Gasteiger partial charge on any atom is 0.210 e. The minimum atomic E-state index is -0.927. The van der Waals surface area contributed by atoms with Crippen molar-refractivity contribution < 1.29 is 5.11 Å². The number of tetrazole rings is 1. The standard InChI is InChI=1S/C7H10N6O/c1-12-4-3-8-7(12)5(14)6-9-11-13(2)10-6/h3-5,14H,1-2H3. The van der Waals surface area contributed by atoms with Crippen LogP contribution in [0.3, 0.4) is 0 Å². The molecule has 2 aromatic rings. The van der Waals surface area contributed by atoms with Gasteiger partial charge in [0.05, 0.1) is 7.05 Å². The number of rotatable bonds is 2. The smallest absolute Gasteiger partial charge is 0.210 e. The van der Waals surface area contributed by atoms with Crippen LogP contribution in [0.25, 0.3) is 0 Å². The summed E-state index contributed by atoms with van der Waals surface area (Å²) in [6, 6.07) is 0. The van der Waals surface area contributed by atoms with E-state index in [0.717, 1.165) is 0 Å². The van der Waals surface area contributed by atoms with E-state index in [-0.39, 0.29) is 5.82 Å². The molecular formula is C7H10N6O. The lowest BCUT2D eigenvalue weighted by Gasteiger charge is -2.04. The largest absolute Gasteiger partial charge is 0.377 e. The first-order valence-corrected chi connectivity index (χ1v) is 4.07. The summed E-state index contributed by atoms with van der Waals surface area (Å²) in [5.74, 6) is 0.750. The lowest BCUT2D eigenvalue weighted by molar-refractivity contribution is 0.195. The lowest BCUT2D eigenvalue weighted by atomic mass is 10.3. The van der Waals surface area contributed by atoms with Gasteiger partial charge in [0.2, 0.25) is 5.82 Å². The van der Waals surface area contributed by atoms with Crippen LogP contribution in [0.4, 0.5) is 0 Å². The fourth-order valence-electron chi connectivity index (χ4n) is 1.16. The summed E-state index contributed by atoms with van der Waals surface area (Å²) in [6.07, 6.45) is 2.42. The zero-order valence-electron chi connectivity index (χ0n) is 7.86. The highest BCUT2D eigenvalue weighted by Crippen LogP contribution is 2.14. The van der Waals surface area contributed by atoms with E-state index in [1.807, 2.05) is 0 Å². The van der Waals surface area contributed by atoms with Crippen LogP contribution in [-0.2, 0) is 14.1 Å². The molecule has 0 radical (unpaired) electrons. The summed E-state index contributed by atoms with van der Waals surface area (Å²) in [7, 11) is 3.43. The average molecular weight is 194 g/mol. The molecule has 0 aromatic carbocycles. The summed E-state index contributed by atoms with van der Waals surface area (Å²) in [6.45, 7) is 0. The van der Waals surface area contributed by atoms with Gasteiger partial charge in [0, 0.05) is 19.4 Å². The molecule has 0 aliphatic carbocycles. The molecule has 0 saturated carbocycles. The molecule has 1 N–H and O–H groups in total. The Balaban J connectivity index is 2.33. The van der Waals surface area contributed by atoms with E-state index in [1.165, 1.54) is 4.80 Å². The van der Waals surface area contributed by atoms with E-state index in [2.05, 4.69) is 20.4 Å². The molecule has 74 valence electrons. The molecule has 14 heavy (non-hydrogen) atoms. The van der Waals surface area contributed by atoms with E-state index < -0.39 is 6.10 Å². The van der Waals surface area contributed by atoms with E-state index >= 15 is 0 Å². The predicted octanol–water partition coefficient (Wildman–Crippen LogP) is -0.975. The molecule has 0 aliphatic heterocycles. The SMILES string of the molecule is Cn1nnc(C(O)c2nccn2C)n1. The summed E-state index contributed by atoms with van der Waals surface area (Å²) < 4.78 is 1.71. The number of hydrogen-bond acceptors (Lipinski definition) is 5. The minimum Gasteiger partial charge on any atom is -0.377 e. The second-order valence-corrected chi connectivity index (χ2v) is 2.94. The first-order chi connectivity index (χ1) is 6.68. The van der Waals surface area contributed by atoms with Gasteiger partial charge in [0.25, 0.3) is 0 Å². The van der Waals surface area contributed by atoms with Gasteiger partial charge in [-0.15, -0.1) is 10.2 Å². The Morgan fingerprint density at radius 3 is 2.71 bits per heavy atom. The molecule has 7 nitrogen and oxygen atoms in total. The van der Waals surface area contributed by atoms with Crippen LogP contribution >= 0.6 is 0 Å². The van der Waals surface area contributed by atoms with Crippen LogP contribution in [0.5, 0.6) is 0 Å². The number of aryl methyl sites for hydroxylation is 2. The van der Waals surface area contributed by atoms with Gasteiger partial charge in [0.1, 0.15) is 5.82 Å². The molecule has 0 spiro atoms. The molecule has 2 heterocycles. The molecule has 0 aliphatic rings. The third kappa shape index (κ3) is 1.37. The van der Waals surface area contributed by atoms with Crippen LogP contribution < -0.4 is 0 Å². The van der Waals surface area contributed by atoms with Gasteiger partial charge in [-0.25, -0.2) is 4.98 Å². The first-order valence-electron chi connectivity index (χ1n) is 4.07. The third-order valence-electron chi connectivity index (χ3n) is 1.87. The highest BCUT2D eigenvalue weighted by atomic mass is 16.3. The van der Waals surface area contributed by atoms with Crippen molar-refractivity contribution in [3.8, 4) is 0 Å². The normalized spacial score (nSPS) is 13.1. The van der Waals surface area contributed by atoms with Crippen LogP contribution in [-0.4, -0.2) is 34.9 Å². The van der Waals surface area contributed by atoms with E-state index in [9.17, 15) is 5.11 Å². The molecular weight excluding hydrogens is 184 g/mol. The van der Waals surface area contributed by atoms with Gasteiger partial charge in [-0.2, -0.15) is 4.80 Å². The predicted molar refractivity (Wildman–Crippen MR) is 46.1 cm³/mol. The number of hydrogen-bond donors (Lipinski definition) is 1. The van der Waals surface area contributed by atoms with Crippen LogP contribution in [0.2, 0.25) is 0 Å². The Kier molecular flexibility index (Phi) is 2.01. The highest BCUT2D eigenvalue weighted by molar-refractivity contribution is 5.05. The van der Waals surface area contributed by atoms with Crippen molar-refractivity contribution in [3.63, 3.8) is 0 Å². The summed E-state index contributed by atoms with van der Waals surface area (Å²) in [5, 5.41) is 21.1. The molecule has 2 rings (SSSR count). The topological polar surface area (TPSA) is 81.6 Å². The lowest BCUT2D eigenvalue weighted by Crippen LogP contribution is -2.09. The zero-order valence-corrected chi connectivity index (χ0v) is 7.86. The van der Waals surface area contributed by atoms with E-state index in [4.69, 9.17) is 0 Å². The van der Waals surface area contributed by atoms with Crippen molar-refractivity contribution >= 4 is 0 Å². The minimum absolute atomic E-state index is 0.252. The van der Waals surface area contributed by atoms with Crippen molar-refractivity contribution in [2.75, 3.05) is 0 Å². The number of aliphatic hydroxyl groups excluding tert-OH is 1. The third-order valence-corrected chi connectivity index (χ3v) is 1.87. The van der Waals surface area contributed by atoms with Gasteiger partial charge < -0.3 is 9.67 Å². The molecule has 1 unspecified atom stereocenters. The number of nitrogens with zero attached hydrogens (tertiary/aromatic N) is 6. The van der Waals surface area contributed by atoms with Gasteiger partial charge in [-0.1, -0.05) is 0 Å². The van der Waals surface area contributed by atoms with E-state index in [0.29, 0.717) is 5.82 Å². The second-order valence-electron chi connectivity index (χ2n) is 2.94. The van der Waals surface area contributed by atoms with Crippen LogP contribution in [0.1, 0.15) is 17.8 Å². The molecule has 0 fully saturated rings. The van der Waals surface area contributed by atoms with Gasteiger partial charge >= 0.3 is 0 Å². The number of aromatic nitrogens is 6. The van der Waals surface area contributed by atoms with Crippen molar-refractivity contribution in [2.45, 2.75) is 6.10 Å². The van der Waals surface area contributed by atoms with Crippen LogP contribution in [0, 0.1) is 0 Å². The van der Waals surface area contributed by atoms with Crippen LogP contribution in [0.15, 0.2) is 12.4 Å². The average Bonchev–Trinajstić information content (AvgIpc) is 2.73. The molecule has 0 amide bonds. The van der Waals surface area contributed by atoms with Crippen molar-refractivity contribution in [3.05, 3.63) is 24.0 Å². The monoisotopic (exact) mass is 194 g/mol. The Morgan fingerprint density at radius 2 is 2.21 bits per heavy atom. The van der Waals surface area contributed by atoms with E-state index in [1.54, 1.807) is 31.1 Å². The molecule has 0 bridgehead atoms. The summed E-state index contributed by atoms with van der Waals surface area (Å²) in [4.78, 5) is 5.29. The summed E-state index contributed by atoms with van der Waals surface area (Å²) in [5.41, 5.74) is 0. The fraction of sp³-hybridized carbons (Fsp3) is 0.429. The second kappa shape index (κ2) is 3.18. The zero-order chi connectivity index (χ0) is 10.1. The molecule has 7 heteroatoms. The van der Waals surface area contributed by atoms with Gasteiger partial charge in [-0.05, 0) is 5.21 Å². The molecule has 0 saturated heterocycles. The Hall–Kier alpha value is -1.76. The molecule has 1 atom stereocenters. The first kappa shape index (κ1) is 8.82. The maximum atomic E-state index is 9.81. The number of aliphatic hydroxyl groups is 1. The fourth-order valence-corrected chi connectivity index (χ4v) is 1.16. The Bertz CT molecular complexity index is 433. The van der Waals surface area contributed by atoms with Crippen molar-refractivity contribution in [2.24, 2.45) is 14.1 Å². The number of imidazole rings is 1. The van der Waals surface area contributed by atoms with Crippen molar-refractivity contribution in [1.82, 2.24) is 29.8 Å². The van der Waals surface area contributed by atoms with Gasteiger partial charge in [0.15, 0.2) is 6.10 Å². The Morgan fingerprint density at radius 1 is 1.43 bits per heavy atom. The highest BCUT2D eigenvalue weighted by Gasteiger charge is 2.19.